The van der Waals surface area contributed by atoms with Crippen molar-refractivity contribution in [2.75, 3.05) is 19.4 Å². The molecular weight excluding hydrogens is 259 g/mol. The third kappa shape index (κ3) is 2.65. The molecule has 0 bridgehead atoms. The minimum atomic E-state index is -4.35. The predicted molar refractivity (Wildman–Crippen MR) is 64.8 cm³/mol. The minimum Gasteiger partial charge on any atom is -0.323 e. The average Bonchev–Trinajstić information content (AvgIpc) is 2.30. The fourth-order valence-electron chi connectivity index (χ4n) is 2.10. The van der Waals surface area contributed by atoms with Crippen LogP contribution < -0.4 is 10.6 Å². The van der Waals surface area contributed by atoms with Gasteiger partial charge in [0, 0.05) is 19.3 Å². The number of carbonyl (C=O) groups is 1. The number of amides is 2. The van der Waals surface area contributed by atoms with E-state index in [-0.39, 0.29) is 11.6 Å². The molecule has 1 aliphatic rings. The van der Waals surface area contributed by atoms with Gasteiger partial charge in [-0.15, -0.1) is 0 Å². The molecule has 1 atom stereocenters. The molecule has 4 nitrogen and oxygen atoms in total. The smallest absolute Gasteiger partial charge is 0.323 e. The van der Waals surface area contributed by atoms with Gasteiger partial charge in [-0.1, -0.05) is 12.1 Å². The van der Waals surface area contributed by atoms with E-state index in [9.17, 15) is 18.0 Å². The van der Waals surface area contributed by atoms with Crippen molar-refractivity contribution in [2.45, 2.75) is 18.8 Å². The molecule has 0 fully saturated rings. The Kier molecular flexibility index (Phi) is 3.40. The molecule has 0 aliphatic carbocycles. The van der Waals surface area contributed by atoms with Crippen LogP contribution in [0.5, 0.6) is 0 Å². The molecule has 1 aliphatic heterocycles. The number of anilines is 1. The van der Waals surface area contributed by atoms with Crippen LogP contribution in [0.4, 0.5) is 23.7 Å². The standard InChI is InChI=1S/C12H14F3N3O/c1-16-10(12(13,14)15)7-3-4-9-8(5-7)6-18(2)11(19)17-9/h3-5,10,16H,6H2,1-2H3,(H,17,19). The first kappa shape index (κ1) is 13.7. The van der Waals surface area contributed by atoms with Crippen LogP contribution in [0.1, 0.15) is 17.2 Å². The molecule has 104 valence electrons. The number of rotatable bonds is 2. The Labute approximate surface area is 108 Å². The molecule has 1 heterocycles. The Morgan fingerprint density at radius 2 is 2.11 bits per heavy atom. The number of urea groups is 1. The SMILES string of the molecule is CNC(c1ccc2c(c1)CN(C)C(=O)N2)C(F)(F)F. The lowest BCUT2D eigenvalue weighted by atomic mass is 10.0. The van der Waals surface area contributed by atoms with Crippen molar-refractivity contribution in [2.24, 2.45) is 0 Å². The first-order chi connectivity index (χ1) is 8.82. The molecule has 2 rings (SSSR count). The fraction of sp³-hybridized carbons (Fsp3) is 0.417. The topological polar surface area (TPSA) is 44.4 Å². The number of hydrogen-bond donors (Lipinski definition) is 2. The number of alkyl halides is 3. The van der Waals surface area contributed by atoms with Gasteiger partial charge >= 0.3 is 12.2 Å². The van der Waals surface area contributed by atoms with Gasteiger partial charge in [-0.2, -0.15) is 13.2 Å². The molecule has 2 amide bonds. The molecule has 0 radical (unpaired) electrons. The second kappa shape index (κ2) is 4.73. The summed E-state index contributed by atoms with van der Waals surface area (Å²) in [5.74, 6) is 0. The van der Waals surface area contributed by atoms with Crippen LogP contribution in [-0.4, -0.2) is 31.2 Å². The van der Waals surface area contributed by atoms with Gasteiger partial charge in [0.2, 0.25) is 0 Å². The highest BCUT2D eigenvalue weighted by Gasteiger charge is 2.40. The number of carbonyl (C=O) groups excluding carboxylic acids is 1. The third-order valence-electron chi connectivity index (χ3n) is 3.07. The summed E-state index contributed by atoms with van der Waals surface area (Å²) in [7, 11) is 2.86. The van der Waals surface area contributed by atoms with E-state index in [1.54, 1.807) is 7.05 Å². The van der Waals surface area contributed by atoms with Crippen molar-refractivity contribution in [3.63, 3.8) is 0 Å². The zero-order chi connectivity index (χ0) is 14.2. The first-order valence-electron chi connectivity index (χ1n) is 5.72. The molecule has 0 saturated heterocycles. The van der Waals surface area contributed by atoms with Crippen LogP contribution in [0.15, 0.2) is 18.2 Å². The van der Waals surface area contributed by atoms with Crippen molar-refractivity contribution in [1.29, 1.82) is 0 Å². The van der Waals surface area contributed by atoms with Gasteiger partial charge in [-0.05, 0) is 24.2 Å². The van der Waals surface area contributed by atoms with Gasteiger partial charge in [0.1, 0.15) is 6.04 Å². The maximum absolute atomic E-state index is 12.8. The van der Waals surface area contributed by atoms with Crippen LogP contribution in [0.25, 0.3) is 0 Å². The van der Waals surface area contributed by atoms with E-state index in [0.717, 1.165) is 0 Å². The lowest BCUT2D eigenvalue weighted by Crippen LogP contribution is -2.36. The monoisotopic (exact) mass is 273 g/mol. The van der Waals surface area contributed by atoms with Crippen LogP contribution in [-0.2, 0) is 6.54 Å². The molecule has 19 heavy (non-hydrogen) atoms. The van der Waals surface area contributed by atoms with Crippen LogP contribution in [0, 0.1) is 0 Å². The summed E-state index contributed by atoms with van der Waals surface area (Å²) in [5, 5.41) is 4.88. The Morgan fingerprint density at radius 1 is 1.42 bits per heavy atom. The number of benzene rings is 1. The first-order valence-corrected chi connectivity index (χ1v) is 5.72. The molecule has 7 heteroatoms. The summed E-state index contributed by atoms with van der Waals surface area (Å²) < 4.78 is 38.5. The largest absolute Gasteiger partial charge is 0.407 e. The molecule has 0 aromatic heterocycles. The van der Waals surface area contributed by atoms with Crippen LogP contribution in [0.3, 0.4) is 0 Å². The molecular formula is C12H14F3N3O. The summed E-state index contributed by atoms with van der Waals surface area (Å²) in [4.78, 5) is 12.8. The maximum Gasteiger partial charge on any atom is 0.407 e. The lowest BCUT2D eigenvalue weighted by molar-refractivity contribution is -0.156. The van der Waals surface area contributed by atoms with Crippen molar-refractivity contribution < 1.29 is 18.0 Å². The quantitative estimate of drug-likeness (QED) is 0.869. The van der Waals surface area contributed by atoms with Gasteiger partial charge in [0.25, 0.3) is 0 Å². The van der Waals surface area contributed by atoms with E-state index in [4.69, 9.17) is 0 Å². The summed E-state index contributed by atoms with van der Waals surface area (Å²) in [6.07, 6.45) is -4.35. The van der Waals surface area contributed by atoms with Crippen LogP contribution in [0.2, 0.25) is 0 Å². The number of halogens is 3. The Balaban J connectivity index is 2.36. The van der Waals surface area contributed by atoms with Gasteiger partial charge in [0.15, 0.2) is 0 Å². The highest BCUT2D eigenvalue weighted by Crippen LogP contribution is 2.34. The Morgan fingerprint density at radius 3 is 2.68 bits per heavy atom. The molecule has 1 unspecified atom stereocenters. The summed E-state index contributed by atoms with van der Waals surface area (Å²) >= 11 is 0. The summed E-state index contributed by atoms with van der Waals surface area (Å²) in [5.41, 5.74) is 1.37. The molecule has 0 spiro atoms. The second-order valence-corrected chi connectivity index (χ2v) is 4.47. The highest BCUT2D eigenvalue weighted by molar-refractivity contribution is 5.92. The Hall–Kier alpha value is -1.76. The Bertz CT molecular complexity index is 501. The van der Waals surface area contributed by atoms with Crippen molar-refractivity contribution in [3.8, 4) is 0 Å². The van der Waals surface area contributed by atoms with E-state index in [1.807, 2.05) is 0 Å². The van der Waals surface area contributed by atoms with E-state index in [1.165, 1.54) is 30.1 Å². The van der Waals surface area contributed by atoms with E-state index < -0.39 is 12.2 Å². The van der Waals surface area contributed by atoms with Crippen molar-refractivity contribution >= 4 is 11.7 Å². The van der Waals surface area contributed by atoms with Gasteiger partial charge in [-0.3, -0.25) is 0 Å². The van der Waals surface area contributed by atoms with Crippen molar-refractivity contribution in [3.05, 3.63) is 29.3 Å². The summed E-state index contributed by atoms with van der Waals surface area (Å²) in [6.45, 7) is 0.295. The van der Waals surface area contributed by atoms with E-state index in [2.05, 4.69) is 10.6 Å². The van der Waals surface area contributed by atoms with Crippen molar-refractivity contribution in [1.82, 2.24) is 10.2 Å². The molecule has 2 N–H and O–H groups in total. The van der Waals surface area contributed by atoms with Gasteiger partial charge < -0.3 is 15.5 Å². The second-order valence-electron chi connectivity index (χ2n) is 4.47. The number of fused-ring (bicyclic) bond motifs is 1. The highest BCUT2D eigenvalue weighted by atomic mass is 19.4. The summed E-state index contributed by atoms with van der Waals surface area (Å²) in [6, 6.07) is 2.38. The minimum absolute atomic E-state index is 0.137. The number of hydrogen-bond acceptors (Lipinski definition) is 2. The normalized spacial score (nSPS) is 16.9. The maximum atomic E-state index is 12.8. The molecule has 1 aromatic rings. The van der Waals surface area contributed by atoms with Gasteiger partial charge in [-0.25, -0.2) is 4.79 Å². The number of nitrogens with one attached hydrogen (secondary N) is 2. The zero-order valence-electron chi connectivity index (χ0n) is 10.5. The number of nitrogens with zero attached hydrogens (tertiary/aromatic N) is 1. The lowest BCUT2D eigenvalue weighted by Gasteiger charge is -2.27. The molecule has 0 saturated carbocycles. The molecule has 1 aromatic carbocycles. The van der Waals surface area contributed by atoms with E-state index in [0.29, 0.717) is 17.8 Å². The zero-order valence-corrected chi connectivity index (χ0v) is 10.5. The fourth-order valence-corrected chi connectivity index (χ4v) is 2.10. The van der Waals surface area contributed by atoms with E-state index >= 15 is 0 Å². The van der Waals surface area contributed by atoms with Gasteiger partial charge in [0.05, 0.1) is 0 Å². The average molecular weight is 273 g/mol. The van der Waals surface area contributed by atoms with Crippen LogP contribution >= 0.6 is 0 Å². The predicted octanol–water partition coefficient (Wildman–Crippen LogP) is 2.49. The third-order valence-corrected chi connectivity index (χ3v) is 3.07.